The molecular weight excluding hydrogens is 202 g/mol. The van der Waals surface area contributed by atoms with E-state index in [1.54, 1.807) is 0 Å². The van der Waals surface area contributed by atoms with Crippen molar-refractivity contribution >= 4 is 17.0 Å². The smallest absolute Gasteiger partial charge is 0.125 e. The summed E-state index contributed by atoms with van der Waals surface area (Å²) in [5.41, 5.74) is 0. The third-order valence-electron chi connectivity index (χ3n) is 4.68. The molecule has 0 unspecified atom stereocenters. The van der Waals surface area contributed by atoms with Crippen LogP contribution in [0.1, 0.15) is 26.7 Å². The van der Waals surface area contributed by atoms with Gasteiger partial charge >= 0.3 is 0 Å². The van der Waals surface area contributed by atoms with Gasteiger partial charge in [0.2, 0.25) is 0 Å². The first-order chi connectivity index (χ1) is 6.30. The van der Waals surface area contributed by atoms with Gasteiger partial charge in [-0.3, -0.25) is 0 Å². The number of hydrogen-bond acceptors (Lipinski definition) is 1. The highest BCUT2D eigenvalue weighted by atomic mass is 28.4. The van der Waals surface area contributed by atoms with Crippen molar-refractivity contribution in [2.45, 2.75) is 57.5 Å². The Labute approximate surface area is 92.6 Å². The van der Waals surface area contributed by atoms with Crippen LogP contribution in [-0.2, 0) is 0 Å². The van der Waals surface area contributed by atoms with Crippen molar-refractivity contribution in [1.29, 1.82) is 0 Å². The Balaban J connectivity index is 2.81. The van der Waals surface area contributed by atoms with Crippen LogP contribution in [0.3, 0.4) is 0 Å². The van der Waals surface area contributed by atoms with Gasteiger partial charge in [0, 0.05) is 8.80 Å². The zero-order valence-electron chi connectivity index (χ0n) is 10.8. The molecule has 1 nitrogen and oxygen atoms in total. The van der Waals surface area contributed by atoms with Gasteiger partial charge < -0.3 is 4.57 Å². The van der Waals surface area contributed by atoms with Gasteiger partial charge in [-0.05, 0) is 30.6 Å². The molecule has 83 valence electrons. The Morgan fingerprint density at radius 2 is 1.50 bits per heavy atom. The third kappa shape index (κ3) is 2.00. The zero-order valence-corrected chi connectivity index (χ0v) is 12.8. The molecule has 1 aliphatic rings. The summed E-state index contributed by atoms with van der Waals surface area (Å²) in [6.07, 6.45) is 2.87. The van der Waals surface area contributed by atoms with E-state index in [-0.39, 0.29) is 8.80 Å². The maximum Gasteiger partial charge on any atom is 0.125 e. The van der Waals surface area contributed by atoms with Gasteiger partial charge in [0.25, 0.3) is 0 Å². The van der Waals surface area contributed by atoms with Crippen LogP contribution < -0.4 is 0 Å². The van der Waals surface area contributed by atoms with E-state index in [0.29, 0.717) is 4.66 Å². The molecule has 0 spiro atoms. The lowest BCUT2D eigenvalue weighted by Crippen LogP contribution is -2.58. The molecule has 0 atom stereocenters. The van der Waals surface area contributed by atoms with Gasteiger partial charge in [0.15, 0.2) is 0 Å². The van der Waals surface area contributed by atoms with E-state index in [1.165, 1.54) is 25.9 Å². The van der Waals surface area contributed by atoms with Crippen LogP contribution in [0.15, 0.2) is 0 Å². The van der Waals surface area contributed by atoms with Gasteiger partial charge in [0.05, 0.1) is 0 Å². The number of rotatable bonds is 3. The standard InChI is InChI=1S/C11H26NSi2/c1-11(2,13(3)4)14(5,6)12-9-7-8-10-12/h7-10H2,1-6H3. The molecule has 0 aliphatic carbocycles. The molecule has 0 aromatic carbocycles. The fourth-order valence-corrected chi connectivity index (χ4v) is 9.88. The van der Waals surface area contributed by atoms with Crippen LogP contribution in [0, 0.1) is 0 Å². The molecule has 14 heavy (non-hydrogen) atoms. The molecule has 1 rings (SSSR count). The van der Waals surface area contributed by atoms with Gasteiger partial charge in [-0.25, -0.2) is 0 Å². The number of nitrogens with zero attached hydrogens (tertiary/aromatic N) is 1. The van der Waals surface area contributed by atoms with Crippen molar-refractivity contribution in [3.63, 3.8) is 0 Å². The SMILES string of the molecule is C[Si](C)C(C)(C)[Si](C)(C)N1CCCC1. The van der Waals surface area contributed by atoms with Crippen molar-refractivity contribution < 1.29 is 0 Å². The van der Waals surface area contributed by atoms with Crippen molar-refractivity contribution in [2.24, 2.45) is 0 Å². The summed E-state index contributed by atoms with van der Waals surface area (Å²) in [4.78, 5) is 0. The molecule has 1 saturated heterocycles. The molecule has 0 amide bonds. The highest BCUT2D eigenvalue weighted by Gasteiger charge is 2.46. The molecule has 1 aliphatic heterocycles. The predicted molar refractivity (Wildman–Crippen MR) is 69.8 cm³/mol. The monoisotopic (exact) mass is 228 g/mol. The van der Waals surface area contributed by atoms with Crippen LogP contribution in [0.4, 0.5) is 0 Å². The molecule has 1 fully saturated rings. The van der Waals surface area contributed by atoms with Crippen molar-refractivity contribution in [1.82, 2.24) is 4.57 Å². The first-order valence-electron chi connectivity index (χ1n) is 5.86. The molecule has 3 heteroatoms. The van der Waals surface area contributed by atoms with Crippen LogP contribution in [0.2, 0.25) is 30.8 Å². The first kappa shape index (κ1) is 12.5. The lowest BCUT2D eigenvalue weighted by atomic mass is 10.4. The van der Waals surface area contributed by atoms with E-state index in [4.69, 9.17) is 0 Å². The largest absolute Gasteiger partial charge is 0.323 e. The van der Waals surface area contributed by atoms with E-state index in [1.807, 2.05) is 0 Å². The summed E-state index contributed by atoms with van der Waals surface area (Å²) in [6, 6.07) is 0. The Hall–Kier alpha value is 0.394. The number of hydrogen-bond donors (Lipinski definition) is 0. The highest BCUT2D eigenvalue weighted by Crippen LogP contribution is 2.42. The summed E-state index contributed by atoms with van der Waals surface area (Å²) in [6.45, 7) is 17.9. The molecule has 1 radical (unpaired) electrons. The van der Waals surface area contributed by atoms with Crippen molar-refractivity contribution in [2.75, 3.05) is 13.1 Å². The van der Waals surface area contributed by atoms with E-state index in [0.717, 1.165) is 0 Å². The van der Waals surface area contributed by atoms with Gasteiger partial charge in [-0.15, -0.1) is 0 Å². The molecule has 1 heterocycles. The minimum atomic E-state index is -1.18. The van der Waals surface area contributed by atoms with Crippen LogP contribution in [-0.4, -0.2) is 34.7 Å². The minimum Gasteiger partial charge on any atom is -0.323 e. The fraction of sp³-hybridized carbons (Fsp3) is 1.00. The minimum absolute atomic E-state index is 0.184. The second kappa shape index (κ2) is 4.10. The normalized spacial score (nSPS) is 20.8. The van der Waals surface area contributed by atoms with Crippen LogP contribution in [0.5, 0.6) is 0 Å². The third-order valence-corrected chi connectivity index (χ3v) is 15.6. The summed E-state index contributed by atoms with van der Waals surface area (Å²) in [5.74, 6) is 0. The average molecular weight is 229 g/mol. The fourth-order valence-electron chi connectivity index (χ4n) is 2.28. The second-order valence-corrected chi connectivity index (χ2v) is 14.6. The predicted octanol–water partition coefficient (Wildman–Crippen LogP) is 3.36. The van der Waals surface area contributed by atoms with E-state index < -0.39 is 8.24 Å². The van der Waals surface area contributed by atoms with E-state index in [2.05, 4.69) is 44.6 Å². The van der Waals surface area contributed by atoms with Gasteiger partial charge in [-0.2, -0.15) is 0 Å². The molecule has 0 bridgehead atoms. The summed E-state index contributed by atoms with van der Waals surface area (Å²) >= 11 is 0. The Kier molecular flexibility index (Phi) is 3.65. The summed E-state index contributed by atoms with van der Waals surface area (Å²) < 4.78 is 3.46. The molecule has 0 aromatic heterocycles. The first-order valence-corrected chi connectivity index (χ1v) is 11.3. The van der Waals surface area contributed by atoms with Crippen LogP contribution >= 0.6 is 0 Å². The molecule has 0 aromatic rings. The van der Waals surface area contributed by atoms with Crippen LogP contribution in [0.25, 0.3) is 0 Å². The lowest BCUT2D eigenvalue weighted by molar-refractivity contribution is 0.498. The van der Waals surface area contributed by atoms with Gasteiger partial charge in [-0.1, -0.05) is 40.0 Å². The quantitative estimate of drug-likeness (QED) is 0.670. The van der Waals surface area contributed by atoms with Crippen molar-refractivity contribution in [3.8, 4) is 0 Å². The Morgan fingerprint density at radius 3 is 1.86 bits per heavy atom. The zero-order chi connectivity index (χ0) is 11.0. The maximum atomic E-state index is 2.84. The topological polar surface area (TPSA) is 3.24 Å². The van der Waals surface area contributed by atoms with Crippen molar-refractivity contribution in [3.05, 3.63) is 0 Å². The van der Waals surface area contributed by atoms with E-state index >= 15 is 0 Å². The molecular formula is C11H26NSi2. The summed E-state index contributed by atoms with van der Waals surface area (Å²) in [5, 5.41) is 0. The summed E-state index contributed by atoms with van der Waals surface area (Å²) in [7, 11) is -1.37. The molecule has 0 N–H and O–H groups in total. The lowest BCUT2D eigenvalue weighted by Gasteiger charge is -2.48. The molecule has 0 saturated carbocycles. The average Bonchev–Trinajstić information content (AvgIpc) is 2.55. The van der Waals surface area contributed by atoms with Gasteiger partial charge in [0.1, 0.15) is 8.24 Å². The Morgan fingerprint density at radius 1 is 1.07 bits per heavy atom. The highest BCUT2D eigenvalue weighted by molar-refractivity contribution is 6.90. The Bertz CT molecular complexity index is 193. The second-order valence-electron chi connectivity index (χ2n) is 5.88. The van der Waals surface area contributed by atoms with E-state index in [9.17, 15) is 0 Å². The maximum absolute atomic E-state index is 2.84.